The minimum absolute atomic E-state index is 0.0113. The molecular formula is C13H11ClN2. The molecule has 2 aromatic carbocycles. The summed E-state index contributed by atoms with van der Waals surface area (Å²) in [4.78, 5) is 0. The Labute approximate surface area is 99.2 Å². The third-order valence-electron chi connectivity index (χ3n) is 2.37. The van der Waals surface area contributed by atoms with Crippen LogP contribution in [0.2, 0.25) is 5.02 Å². The Kier molecular flexibility index (Phi) is 2.93. The molecule has 0 fully saturated rings. The van der Waals surface area contributed by atoms with Crippen molar-refractivity contribution in [1.82, 2.24) is 0 Å². The van der Waals surface area contributed by atoms with E-state index in [4.69, 9.17) is 22.7 Å². The minimum Gasteiger partial charge on any atom is -0.384 e. The standard InChI is InChI=1S/C13H11ClN2/c14-12-10(9-5-2-1-3-6-9)7-4-8-11(12)13(15)16/h1-8H,(H3,15,16). The first kappa shape index (κ1) is 10.7. The van der Waals surface area contributed by atoms with Gasteiger partial charge in [0.25, 0.3) is 0 Å². The average molecular weight is 231 g/mol. The molecule has 0 heterocycles. The number of benzene rings is 2. The van der Waals surface area contributed by atoms with E-state index in [2.05, 4.69) is 0 Å². The molecule has 0 amide bonds. The number of hydrogen-bond donors (Lipinski definition) is 2. The molecule has 2 rings (SSSR count). The summed E-state index contributed by atoms with van der Waals surface area (Å²) in [6, 6.07) is 15.3. The summed E-state index contributed by atoms with van der Waals surface area (Å²) in [7, 11) is 0. The molecular weight excluding hydrogens is 220 g/mol. The molecule has 0 saturated heterocycles. The van der Waals surface area contributed by atoms with Crippen LogP contribution >= 0.6 is 11.6 Å². The lowest BCUT2D eigenvalue weighted by molar-refractivity contribution is 1.42. The first-order valence-corrected chi connectivity index (χ1v) is 5.26. The summed E-state index contributed by atoms with van der Waals surface area (Å²) < 4.78 is 0. The Balaban J connectivity index is 2.59. The number of amidine groups is 1. The molecule has 0 saturated carbocycles. The quantitative estimate of drug-likeness (QED) is 0.604. The van der Waals surface area contributed by atoms with Gasteiger partial charge < -0.3 is 5.73 Å². The summed E-state index contributed by atoms with van der Waals surface area (Å²) in [5, 5.41) is 7.96. The molecule has 2 nitrogen and oxygen atoms in total. The van der Waals surface area contributed by atoms with E-state index >= 15 is 0 Å². The minimum atomic E-state index is -0.0113. The van der Waals surface area contributed by atoms with Crippen LogP contribution in [-0.2, 0) is 0 Å². The Morgan fingerprint density at radius 2 is 1.69 bits per heavy atom. The Morgan fingerprint density at radius 3 is 2.31 bits per heavy atom. The van der Waals surface area contributed by atoms with Crippen LogP contribution in [0.25, 0.3) is 11.1 Å². The fourth-order valence-corrected chi connectivity index (χ4v) is 1.92. The van der Waals surface area contributed by atoms with Gasteiger partial charge in [-0.05, 0) is 11.6 Å². The zero-order chi connectivity index (χ0) is 11.5. The maximum absolute atomic E-state index is 7.43. The van der Waals surface area contributed by atoms with Gasteiger partial charge in [-0.3, -0.25) is 5.41 Å². The summed E-state index contributed by atoms with van der Waals surface area (Å²) in [6.45, 7) is 0. The summed E-state index contributed by atoms with van der Waals surface area (Å²) in [5.74, 6) is -0.0113. The van der Waals surface area contributed by atoms with Crippen molar-refractivity contribution in [3.05, 3.63) is 59.1 Å². The number of halogens is 1. The molecule has 3 heteroatoms. The average Bonchev–Trinajstić information content (AvgIpc) is 2.30. The van der Waals surface area contributed by atoms with Crippen molar-refractivity contribution in [1.29, 1.82) is 5.41 Å². The van der Waals surface area contributed by atoms with Gasteiger partial charge >= 0.3 is 0 Å². The highest BCUT2D eigenvalue weighted by atomic mass is 35.5. The smallest absolute Gasteiger partial charge is 0.124 e. The van der Waals surface area contributed by atoms with Crippen molar-refractivity contribution in [2.75, 3.05) is 0 Å². The van der Waals surface area contributed by atoms with Gasteiger partial charge in [0.2, 0.25) is 0 Å². The molecule has 0 spiro atoms. The molecule has 0 aliphatic carbocycles. The highest BCUT2D eigenvalue weighted by molar-refractivity contribution is 6.36. The predicted molar refractivity (Wildman–Crippen MR) is 67.9 cm³/mol. The number of nitrogens with two attached hydrogens (primary N) is 1. The van der Waals surface area contributed by atoms with Gasteiger partial charge in [-0.2, -0.15) is 0 Å². The molecule has 80 valence electrons. The topological polar surface area (TPSA) is 49.9 Å². The lowest BCUT2D eigenvalue weighted by atomic mass is 10.0. The third-order valence-corrected chi connectivity index (χ3v) is 2.78. The summed E-state index contributed by atoms with van der Waals surface area (Å²) in [5.41, 5.74) is 7.95. The zero-order valence-corrected chi connectivity index (χ0v) is 9.33. The third kappa shape index (κ3) is 1.92. The molecule has 0 unspecified atom stereocenters. The molecule has 0 aliphatic heterocycles. The normalized spacial score (nSPS) is 10.1. The van der Waals surface area contributed by atoms with Gasteiger partial charge in [0, 0.05) is 11.1 Å². The number of nitrogen functional groups attached to an aromatic ring is 1. The molecule has 0 aliphatic rings. The van der Waals surface area contributed by atoms with E-state index in [0.29, 0.717) is 10.6 Å². The van der Waals surface area contributed by atoms with Crippen molar-refractivity contribution in [2.24, 2.45) is 5.73 Å². The van der Waals surface area contributed by atoms with Crippen LogP contribution in [0.5, 0.6) is 0 Å². The fourth-order valence-electron chi connectivity index (χ4n) is 1.58. The monoisotopic (exact) mass is 230 g/mol. The van der Waals surface area contributed by atoms with E-state index in [9.17, 15) is 0 Å². The van der Waals surface area contributed by atoms with E-state index in [-0.39, 0.29) is 5.84 Å². The number of hydrogen-bond acceptors (Lipinski definition) is 1. The van der Waals surface area contributed by atoms with Crippen LogP contribution in [0.3, 0.4) is 0 Å². The Bertz CT molecular complexity index is 521. The van der Waals surface area contributed by atoms with Crippen LogP contribution in [0.1, 0.15) is 5.56 Å². The SMILES string of the molecule is N=C(N)c1cccc(-c2ccccc2)c1Cl. The summed E-state index contributed by atoms with van der Waals surface area (Å²) >= 11 is 6.22. The number of nitrogens with one attached hydrogen (secondary N) is 1. The lowest BCUT2D eigenvalue weighted by Gasteiger charge is -2.08. The van der Waals surface area contributed by atoms with Crippen molar-refractivity contribution < 1.29 is 0 Å². The summed E-state index contributed by atoms with van der Waals surface area (Å²) in [6.07, 6.45) is 0. The van der Waals surface area contributed by atoms with Crippen LogP contribution < -0.4 is 5.73 Å². The Hall–Kier alpha value is -1.80. The second-order valence-corrected chi connectivity index (χ2v) is 3.82. The molecule has 2 aromatic rings. The van der Waals surface area contributed by atoms with Gasteiger partial charge in [0.1, 0.15) is 5.84 Å². The van der Waals surface area contributed by atoms with E-state index in [1.54, 1.807) is 6.07 Å². The molecule has 0 bridgehead atoms. The highest BCUT2D eigenvalue weighted by Gasteiger charge is 2.09. The van der Waals surface area contributed by atoms with E-state index in [0.717, 1.165) is 11.1 Å². The fraction of sp³-hybridized carbons (Fsp3) is 0. The highest BCUT2D eigenvalue weighted by Crippen LogP contribution is 2.30. The second kappa shape index (κ2) is 4.37. The maximum Gasteiger partial charge on any atom is 0.124 e. The van der Waals surface area contributed by atoms with E-state index in [1.807, 2.05) is 42.5 Å². The maximum atomic E-state index is 7.43. The first-order chi connectivity index (χ1) is 7.70. The van der Waals surface area contributed by atoms with E-state index < -0.39 is 0 Å². The largest absolute Gasteiger partial charge is 0.384 e. The molecule has 3 N–H and O–H groups in total. The molecule has 0 aromatic heterocycles. The zero-order valence-electron chi connectivity index (χ0n) is 8.57. The molecule has 0 atom stereocenters. The van der Waals surface area contributed by atoms with Gasteiger partial charge in [-0.1, -0.05) is 54.1 Å². The van der Waals surface area contributed by atoms with Crippen LogP contribution in [0.4, 0.5) is 0 Å². The molecule has 0 radical (unpaired) electrons. The van der Waals surface area contributed by atoms with Crippen LogP contribution in [-0.4, -0.2) is 5.84 Å². The van der Waals surface area contributed by atoms with Gasteiger partial charge in [-0.15, -0.1) is 0 Å². The van der Waals surface area contributed by atoms with Gasteiger partial charge in [0.15, 0.2) is 0 Å². The first-order valence-electron chi connectivity index (χ1n) is 4.88. The van der Waals surface area contributed by atoms with Crippen molar-refractivity contribution in [3.63, 3.8) is 0 Å². The van der Waals surface area contributed by atoms with Crippen LogP contribution in [0.15, 0.2) is 48.5 Å². The van der Waals surface area contributed by atoms with Gasteiger partial charge in [-0.25, -0.2) is 0 Å². The van der Waals surface area contributed by atoms with Crippen LogP contribution in [0, 0.1) is 5.41 Å². The second-order valence-electron chi connectivity index (χ2n) is 3.45. The number of rotatable bonds is 2. The van der Waals surface area contributed by atoms with Crippen molar-refractivity contribution in [3.8, 4) is 11.1 Å². The van der Waals surface area contributed by atoms with Gasteiger partial charge in [0.05, 0.1) is 5.02 Å². The van der Waals surface area contributed by atoms with Crippen molar-refractivity contribution >= 4 is 17.4 Å². The Morgan fingerprint density at radius 1 is 1.00 bits per heavy atom. The predicted octanol–water partition coefficient (Wildman–Crippen LogP) is 3.29. The molecule has 16 heavy (non-hydrogen) atoms. The lowest BCUT2D eigenvalue weighted by Crippen LogP contribution is -2.11. The van der Waals surface area contributed by atoms with E-state index in [1.165, 1.54) is 0 Å². The van der Waals surface area contributed by atoms with Crippen molar-refractivity contribution in [2.45, 2.75) is 0 Å².